The van der Waals surface area contributed by atoms with Gasteiger partial charge in [0.2, 0.25) is 8.38 Å². The molecule has 0 aromatic heterocycles. The van der Waals surface area contributed by atoms with Crippen LogP contribution in [0.25, 0.3) is 0 Å². The lowest BCUT2D eigenvalue weighted by atomic mass is 10.2. The summed E-state index contributed by atoms with van der Waals surface area (Å²) in [7, 11) is -0.900. The van der Waals surface area contributed by atoms with Gasteiger partial charge in [0.1, 0.15) is 0 Å². The fraction of sp³-hybridized carbons (Fsp3) is 0.600. The third-order valence-corrected chi connectivity index (χ3v) is 4.45. The van der Waals surface area contributed by atoms with Gasteiger partial charge in [0.05, 0.1) is 13.2 Å². The van der Waals surface area contributed by atoms with Crippen LogP contribution in [0.3, 0.4) is 0 Å². The largest absolute Gasteiger partial charge is 0.331 e. The van der Waals surface area contributed by atoms with Crippen molar-refractivity contribution >= 4 is 13.7 Å². The molecule has 0 aliphatic rings. The van der Waals surface area contributed by atoms with Crippen LogP contribution in [0.15, 0.2) is 24.3 Å². The van der Waals surface area contributed by atoms with Crippen molar-refractivity contribution in [1.82, 2.24) is 0 Å². The maximum Gasteiger partial charge on any atom is 0.205 e. The van der Waals surface area contributed by atoms with Crippen molar-refractivity contribution in [1.29, 1.82) is 0 Å². The second kappa shape index (κ2) is 9.49. The van der Waals surface area contributed by atoms with E-state index in [0.29, 0.717) is 0 Å². The average Bonchev–Trinajstić information content (AvgIpc) is 2.38. The van der Waals surface area contributed by atoms with E-state index < -0.39 is 8.38 Å². The summed E-state index contributed by atoms with van der Waals surface area (Å²) in [5.41, 5.74) is 1.26. The number of hydrogen-bond acceptors (Lipinski definition) is 2. The molecule has 3 heteroatoms. The predicted molar refractivity (Wildman–Crippen MR) is 79.5 cm³/mol. The molecule has 18 heavy (non-hydrogen) atoms. The van der Waals surface area contributed by atoms with Crippen LogP contribution in [-0.2, 0) is 9.05 Å². The molecule has 0 aliphatic heterocycles. The molecular weight excluding hydrogens is 243 g/mol. The number of aryl methyl sites for hydroxylation is 1. The van der Waals surface area contributed by atoms with Crippen molar-refractivity contribution in [2.45, 2.75) is 46.5 Å². The number of hydrogen-bond donors (Lipinski definition) is 0. The maximum absolute atomic E-state index is 5.94. The highest BCUT2D eigenvalue weighted by Gasteiger charge is 2.15. The van der Waals surface area contributed by atoms with E-state index in [2.05, 4.69) is 45.0 Å². The molecule has 102 valence electrons. The monoisotopic (exact) mass is 268 g/mol. The molecule has 1 aromatic carbocycles. The summed E-state index contributed by atoms with van der Waals surface area (Å²) < 4.78 is 11.9. The van der Waals surface area contributed by atoms with Crippen LogP contribution in [-0.4, -0.2) is 13.2 Å². The third-order valence-electron chi connectivity index (χ3n) is 2.73. The molecule has 0 atom stereocenters. The number of rotatable bonds is 9. The predicted octanol–water partition coefficient (Wildman–Crippen LogP) is 4.57. The van der Waals surface area contributed by atoms with Gasteiger partial charge in [0, 0.05) is 5.30 Å². The minimum Gasteiger partial charge on any atom is -0.331 e. The van der Waals surface area contributed by atoms with E-state index in [-0.39, 0.29) is 0 Å². The normalized spacial score (nSPS) is 11.1. The molecule has 0 fully saturated rings. The van der Waals surface area contributed by atoms with Gasteiger partial charge in [0.15, 0.2) is 0 Å². The summed E-state index contributed by atoms with van der Waals surface area (Å²) in [5, 5.41) is 1.22. The van der Waals surface area contributed by atoms with Crippen LogP contribution in [0.4, 0.5) is 0 Å². The van der Waals surface area contributed by atoms with Crippen LogP contribution < -0.4 is 5.30 Å². The summed E-state index contributed by atoms with van der Waals surface area (Å²) in [5.74, 6) is 0. The van der Waals surface area contributed by atoms with Crippen LogP contribution in [0.2, 0.25) is 0 Å². The standard InChI is InChI=1S/C15H25O2P/c1-4-6-12-16-18(17-13-7-5-2)15-11-9-8-10-14(15)3/h8-11H,4-7,12-13H2,1-3H3. The van der Waals surface area contributed by atoms with Crippen molar-refractivity contribution in [2.24, 2.45) is 0 Å². The molecule has 0 spiro atoms. The van der Waals surface area contributed by atoms with E-state index in [9.17, 15) is 0 Å². The van der Waals surface area contributed by atoms with Gasteiger partial charge in [-0.05, 0) is 31.4 Å². The van der Waals surface area contributed by atoms with Gasteiger partial charge in [0.25, 0.3) is 0 Å². The Balaban J connectivity index is 2.60. The molecule has 0 heterocycles. The topological polar surface area (TPSA) is 18.5 Å². The van der Waals surface area contributed by atoms with Gasteiger partial charge in [-0.25, -0.2) is 0 Å². The molecule has 0 saturated carbocycles. The lowest BCUT2D eigenvalue weighted by Gasteiger charge is -2.19. The minimum absolute atomic E-state index is 0.794. The van der Waals surface area contributed by atoms with Crippen LogP contribution >= 0.6 is 8.38 Å². The van der Waals surface area contributed by atoms with E-state index in [4.69, 9.17) is 9.05 Å². The highest BCUT2D eigenvalue weighted by molar-refractivity contribution is 7.56. The summed E-state index contributed by atoms with van der Waals surface area (Å²) in [6.45, 7) is 8.07. The highest BCUT2D eigenvalue weighted by Crippen LogP contribution is 2.38. The minimum atomic E-state index is -0.900. The Labute approximate surface area is 113 Å². The lowest BCUT2D eigenvalue weighted by Crippen LogP contribution is -2.10. The fourth-order valence-electron chi connectivity index (χ4n) is 1.53. The van der Waals surface area contributed by atoms with Crippen LogP contribution in [0.1, 0.15) is 45.1 Å². The zero-order valence-electron chi connectivity index (χ0n) is 11.8. The summed E-state index contributed by atoms with van der Waals surface area (Å²) >= 11 is 0. The molecule has 0 saturated heterocycles. The first kappa shape index (κ1) is 15.6. The quantitative estimate of drug-likeness (QED) is 0.482. The molecule has 2 nitrogen and oxygen atoms in total. The highest BCUT2D eigenvalue weighted by atomic mass is 31.2. The van der Waals surface area contributed by atoms with Gasteiger partial charge in [-0.2, -0.15) is 0 Å². The number of unbranched alkanes of at least 4 members (excludes halogenated alkanes) is 2. The second-order valence-electron chi connectivity index (χ2n) is 4.42. The van der Waals surface area contributed by atoms with Crippen molar-refractivity contribution < 1.29 is 9.05 Å². The molecule has 1 rings (SSSR count). The Morgan fingerprint density at radius 1 is 0.944 bits per heavy atom. The molecule has 0 radical (unpaired) electrons. The van der Waals surface area contributed by atoms with E-state index in [1.54, 1.807) is 0 Å². The fourth-order valence-corrected chi connectivity index (χ4v) is 3.04. The smallest absolute Gasteiger partial charge is 0.205 e. The molecule has 0 unspecified atom stereocenters. The Morgan fingerprint density at radius 2 is 1.50 bits per heavy atom. The first-order valence-electron chi connectivity index (χ1n) is 6.91. The van der Waals surface area contributed by atoms with Crippen molar-refractivity contribution in [3.05, 3.63) is 29.8 Å². The first-order valence-corrected chi connectivity index (χ1v) is 8.09. The Hall–Kier alpha value is -0.430. The molecule has 1 aromatic rings. The average molecular weight is 268 g/mol. The molecular formula is C15H25O2P. The van der Waals surface area contributed by atoms with E-state index in [1.807, 2.05) is 0 Å². The van der Waals surface area contributed by atoms with Crippen molar-refractivity contribution in [2.75, 3.05) is 13.2 Å². The zero-order valence-corrected chi connectivity index (χ0v) is 12.7. The zero-order chi connectivity index (χ0) is 13.2. The van der Waals surface area contributed by atoms with Gasteiger partial charge in [-0.1, -0.05) is 44.9 Å². The maximum atomic E-state index is 5.94. The molecule has 0 bridgehead atoms. The van der Waals surface area contributed by atoms with Gasteiger partial charge < -0.3 is 9.05 Å². The summed E-state index contributed by atoms with van der Waals surface area (Å²) in [6, 6.07) is 8.37. The molecule has 0 N–H and O–H groups in total. The van der Waals surface area contributed by atoms with Gasteiger partial charge in [-0.3, -0.25) is 0 Å². The summed E-state index contributed by atoms with van der Waals surface area (Å²) in [6.07, 6.45) is 4.52. The molecule has 0 aliphatic carbocycles. The van der Waals surface area contributed by atoms with E-state index in [1.165, 1.54) is 10.9 Å². The number of benzene rings is 1. The van der Waals surface area contributed by atoms with Crippen LogP contribution in [0.5, 0.6) is 0 Å². The third kappa shape index (κ3) is 5.48. The van der Waals surface area contributed by atoms with Crippen molar-refractivity contribution in [3.8, 4) is 0 Å². The van der Waals surface area contributed by atoms with E-state index >= 15 is 0 Å². The lowest BCUT2D eigenvalue weighted by molar-refractivity contribution is 0.250. The van der Waals surface area contributed by atoms with Crippen molar-refractivity contribution in [3.63, 3.8) is 0 Å². The Morgan fingerprint density at radius 3 is 2.00 bits per heavy atom. The SMILES string of the molecule is CCCCOP(OCCCC)c1ccccc1C. The Bertz CT molecular complexity index is 318. The Kier molecular flexibility index (Phi) is 8.24. The van der Waals surface area contributed by atoms with Crippen LogP contribution in [0, 0.1) is 6.92 Å². The first-order chi connectivity index (χ1) is 8.79. The van der Waals surface area contributed by atoms with Gasteiger partial charge in [-0.15, -0.1) is 0 Å². The summed E-state index contributed by atoms with van der Waals surface area (Å²) in [4.78, 5) is 0. The van der Waals surface area contributed by atoms with E-state index in [0.717, 1.165) is 38.9 Å². The molecule has 0 amide bonds. The second-order valence-corrected chi connectivity index (χ2v) is 5.93. The van der Waals surface area contributed by atoms with Gasteiger partial charge >= 0.3 is 0 Å².